The van der Waals surface area contributed by atoms with Gasteiger partial charge >= 0.3 is 5.97 Å². The number of carbonyl (C=O) groups is 1. The van der Waals surface area contributed by atoms with Gasteiger partial charge in [0, 0.05) is 12.4 Å². The van der Waals surface area contributed by atoms with Gasteiger partial charge in [-0.25, -0.2) is 4.79 Å². The highest BCUT2D eigenvalue weighted by Gasteiger charge is 2.11. The molecule has 0 atom stereocenters. The Bertz CT molecular complexity index is 1060. The maximum atomic E-state index is 11.7. The first-order chi connectivity index (χ1) is 13.8. The smallest absolute Gasteiger partial charge is 0.335 e. The van der Waals surface area contributed by atoms with Gasteiger partial charge in [-0.1, -0.05) is 66.8 Å². The Morgan fingerprint density at radius 3 is 2.36 bits per heavy atom. The van der Waals surface area contributed by atoms with E-state index in [1.807, 2.05) is 73.1 Å². The molecule has 2 N–H and O–H groups in total. The number of allylic oxidation sites excluding steroid dienone is 11. The maximum absolute atomic E-state index is 11.7. The fourth-order valence-corrected chi connectivity index (χ4v) is 3.18. The van der Waals surface area contributed by atoms with Crippen LogP contribution in [0.15, 0.2) is 103 Å². The summed E-state index contributed by atoms with van der Waals surface area (Å²) in [4.78, 5) is 11.7. The molecular formula is C25H23NO2. The minimum absolute atomic E-state index is 0.258. The van der Waals surface area contributed by atoms with Crippen LogP contribution in [0.5, 0.6) is 0 Å². The van der Waals surface area contributed by atoms with Gasteiger partial charge in [-0.15, -0.1) is 0 Å². The summed E-state index contributed by atoms with van der Waals surface area (Å²) in [6.45, 7) is 0. The summed E-state index contributed by atoms with van der Waals surface area (Å²) < 4.78 is 0. The van der Waals surface area contributed by atoms with E-state index in [-0.39, 0.29) is 5.57 Å². The number of rotatable bonds is 1. The largest absolute Gasteiger partial charge is 0.478 e. The number of aliphatic carboxylic acids is 1. The Kier molecular flexibility index (Phi) is 6.80. The van der Waals surface area contributed by atoms with Crippen LogP contribution in [0.25, 0.3) is 11.6 Å². The van der Waals surface area contributed by atoms with Crippen molar-refractivity contribution in [2.45, 2.75) is 12.8 Å². The normalized spacial score (nSPS) is 26.4. The Morgan fingerprint density at radius 2 is 1.57 bits per heavy atom. The van der Waals surface area contributed by atoms with Crippen LogP contribution < -0.4 is 15.8 Å². The van der Waals surface area contributed by atoms with E-state index in [4.69, 9.17) is 0 Å². The van der Waals surface area contributed by atoms with Gasteiger partial charge in [0.1, 0.15) is 0 Å². The van der Waals surface area contributed by atoms with Crippen molar-refractivity contribution in [3.8, 4) is 0 Å². The fraction of sp³-hybridized carbons (Fsp3) is 0.0800. The molecule has 0 bridgehead atoms. The number of hydrogen-bond acceptors (Lipinski definition) is 2. The molecular weight excluding hydrogens is 346 g/mol. The third-order valence-corrected chi connectivity index (χ3v) is 4.46. The second-order valence-corrected chi connectivity index (χ2v) is 6.38. The van der Waals surface area contributed by atoms with Crippen LogP contribution in [-0.4, -0.2) is 11.1 Å². The van der Waals surface area contributed by atoms with Crippen molar-refractivity contribution in [3.63, 3.8) is 0 Å². The standard InChI is InChI=1S/C25H23NO2/c27-25(28)23-12-6-4-2-1-3-5-8-17-26-18-9-7-11-20-15-16-21-13-10-14-22(19-23)24(20)21/h1-14,17-19,26H,15-16H2,(H,27,28)/b2-1-,5-3-,6-4-,11-7-,17-8-,18-9-,22-19-,23-12-. The lowest BCUT2D eigenvalue weighted by atomic mass is 10.1. The second kappa shape index (κ2) is 9.93. The monoisotopic (exact) mass is 369 g/mol. The molecule has 0 saturated heterocycles. The van der Waals surface area contributed by atoms with Crippen LogP contribution in [-0.2, 0) is 11.2 Å². The number of aryl methyl sites for hydroxylation is 1. The lowest BCUT2D eigenvalue weighted by Gasteiger charge is -1.98. The Balaban J connectivity index is 2.13. The van der Waals surface area contributed by atoms with E-state index in [0.29, 0.717) is 0 Å². The molecule has 3 nitrogen and oxygen atoms in total. The average molecular weight is 369 g/mol. The number of nitrogens with one attached hydrogen (secondary N) is 1. The first kappa shape index (κ1) is 19.2. The molecule has 0 spiro atoms. The molecule has 1 aliphatic heterocycles. The number of carboxylic acids is 1. The molecule has 28 heavy (non-hydrogen) atoms. The maximum Gasteiger partial charge on any atom is 0.335 e. The average Bonchev–Trinajstić information content (AvgIpc) is 3.10. The van der Waals surface area contributed by atoms with Gasteiger partial charge < -0.3 is 10.4 Å². The third kappa shape index (κ3) is 5.21. The summed E-state index contributed by atoms with van der Waals surface area (Å²) in [5, 5.41) is 14.8. The van der Waals surface area contributed by atoms with E-state index >= 15 is 0 Å². The molecule has 1 heterocycles. The zero-order valence-corrected chi connectivity index (χ0v) is 15.6. The summed E-state index contributed by atoms with van der Waals surface area (Å²) in [6, 6.07) is 6.09. The molecule has 1 aromatic carbocycles. The fourth-order valence-electron chi connectivity index (χ4n) is 3.18. The van der Waals surface area contributed by atoms with Crippen LogP contribution in [0.3, 0.4) is 0 Å². The van der Waals surface area contributed by atoms with Gasteiger partial charge in [0.05, 0.1) is 5.57 Å². The van der Waals surface area contributed by atoms with Crippen molar-refractivity contribution in [1.29, 1.82) is 0 Å². The highest BCUT2D eigenvalue weighted by atomic mass is 16.4. The van der Waals surface area contributed by atoms with E-state index in [1.165, 1.54) is 11.1 Å². The molecule has 0 aromatic heterocycles. The summed E-state index contributed by atoms with van der Waals surface area (Å²) in [5.74, 6) is -0.939. The Hall–Kier alpha value is -3.59. The Morgan fingerprint density at radius 1 is 0.857 bits per heavy atom. The van der Waals surface area contributed by atoms with E-state index < -0.39 is 5.97 Å². The molecule has 1 aromatic rings. The Labute approximate surface area is 165 Å². The van der Waals surface area contributed by atoms with Crippen molar-refractivity contribution in [1.82, 2.24) is 5.32 Å². The van der Waals surface area contributed by atoms with Crippen molar-refractivity contribution in [3.05, 3.63) is 119 Å². The van der Waals surface area contributed by atoms with E-state index in [0.717, 1.165) is 23.3 Å². The molecule has 0 amide bonds. The molecule has 3 rings (SSSR count). The van der Waals surface area contributed by atoms with E-state index in [2.05, 4.69) is 17.5 Å². The van der Waals surface area contributed by atoms with E-state index in [1.54, 1.807) is 18.2 Å². The van der Waals surface area contributed by atoms with E-state index in [9.17, 15) is 9.90 Å². The molecule has 3 heteroatoms. The topological polar surface area (TPSA) is 49.3 Å². The van der Waals surface area contributed by atoms with Crippen molar-refractivity contribution in [2.75, 3.05) is 0 Å². The predicted molar refractivity (Wildman–Crippen MR) is 116 cm³/mol. The highest BCUT2D eigenvalue weighted by Crippen LogP contribution is 2.14. The number of carboxylic acid groups (broad SMARTS) is 1. The number of hydrogen-bond donors (Lipinski definition) is 2. The molecule has 2 aliphatic rings. The SMILES string of the molecule is O=C(O)C1=C\C=C/C=C\C=C/C=C\N/C=C\C=C/C2=c3c(ccc\c3=C\1)CC2. The quantitative estimate of drug-likeness (QED) is 0.797. The summed E-state index contributed by atoms with van der Waals surface area (Å²) >= 11 is 0. The van der Waals surface area contributed by atoms with Crippen molar-refractivity contribution in [2.24, 2.45) is 0 Å². The van der Waals surface area contributed by atoms with Gasteiger partial charge in [0.25, 0.3) is 0 Å². The minimum Gasteiger partial charge on any atom is -0.478 e. The lowest BCUT2D eigenvalue weighted by Crippen LogP contribution is -2.28. The summed E-state index contributed by atoms with van der Waals surface area (Å²) in [6.07, 6.45) is 28.1. The molecule has 1 aliphatic carbocycles. The molecule has 0 fully saturated rings. The van der Waals surface area contributed by atoms with Gasteiger partial charge in [0.15, 0.2) is 0 Å². The van der Waals surface area contributed by atoms with Crippen LogP contribution in [0.1, 0.15) is 12.0 Å². The van der Waals surface area contributed by atoms with Gasteiger partial charge in [-0.3, -0.25) is 0 Å². The predicted octanol–water partition coefficient (Wildman–Crippen LogP) is 3.43. The van der Waals surface area contributed by atoms with Gasteiger partial charge in [0.2, 0.25) is 0 Å². The lowest BCUT2D eigenvalue weighted by molar-refractivity contribution is -0.132. The zero-order valence-electron chi connectivity index (χ0n) is 15.6. The van der Waals surface area contributed by atoms with Gasteiger partial charge in [-0.2, -0.15) is 0 Å². The molecule has 0 radical (unpaired) electrons. The molecule has 140 valence electrons. The van der Waals surface area contributed by atoms with Crippen LogP contribution in [0.2, 0.25) is 0 Å². The summed E-state index contributed by atoms with van der Waals surface area (Å²) in [5.41, 5.74) is 2.75. The third-order valence-electron chi connectivity index (χ3n) is 4.46. The second-order valence-electron chi connectivity index (χ2n) is 6.38. The summed E-state index contributed by atoms with van der Waals surface area (Å²) in [7, 11) is 0. The molecule has 0 unspecified atom stereocenters. The minimum atomic E-state index is -0.939. The van der Waals surface area contributed by atoms with Crippen molar-refractivity contribution >= 4 is 17.6 Å². The highest BCUT2D eigenvalue weighted by molar-refractivity contribution is 5.96. The van der Waals surface area contributed by atoms with Crippen LogP contribution in [0, 0.1) is 0 Å². The van der Waals surface area contributed by atoms with Crippen LogP contribution >= 0.6 is 0 Å². The first-order valence-corrected chi connectivity index (χ1v) is 9.28. The zero-order chi connectivity index (χ0) is 19.6. The van der Waals surface area contributed by atoms with Crippen LogP contribution in [0.4, 0.5) is 0 Å². The van der Waals surface area contributed by atoms with Gasteiger partial charge in [-0.05, 0) is 58.7 Å². The molecule has 0 saturated carbocycles. The number of benzene rings is 1. The van der Waals surface area contributed by atoms with Crippen molar-refractivity contribution < 1.29 is 9.90 Å². The first-order valence-electron chi connectivity index (χ1n) is 9.28.